The first-order chi connectivity index (χ1) is 13.1. The predicted octanol–water partition coefficient (Wildman–Crippen LogP) is 4.49. The van der Waals surface area contributed by atoms with Gasteiger partial charge in [-0.1, -0.05) is 50.1 Å². The van der Waals surface area contributed by atoms with Gasteiger partial charge in [-0.05, 0) is 48.6 Å². The lowest BCUT2D eigenvalue weighted by Crippen LogP contribution is -2.20. The second-order valence-electron chi connectivity index (χ2n) is 7.82. The number of nitrogens with one attached hydrogen (secondary N) is 1. The summed E-state index contributed by atoms with van der Waals surface area (Å²) in [6.07, 6.45) is 6.25. The van der Waals surface area contributed by atoms with E-state index < -0.39 is 5.91 Å². The van der Waals surface area contributed by atoms with Crippen LogP contribution in [0.25, 0.3) is 0 Å². The monoisotopic (exact) mass is 382 g/mol. The molecule has 0 radical (unpaired) electrons. The minimum Gasteiger partial charge on any atom is -0.365 e. The molecule has 0 bridgehead atoms. The van der Waals surface area contributed by atoms with Crippen LogP contribution in [0.4, 0.5) is 5.00 Å². The Morgan fingerprint density at radius 2 is 2.04 bits per heavy atom. The Kier molecular flexibility index (Phi) is 5.04. The van der Waals surface area contributed by atoms with Gasteiger partial charge < -0.3 is 11.1 Å². The molecule has 3 atom stereocenters. The van der Waals surface area contributed by atoms with Gasteiger partial charge in [0.25, 0.3) is 5.91 Å². The van der Waals surface area contributed by atoms with Crippen LogP contribution in [-0.2, 0) is 17.6 Å². The summed E-state index contributed by atoms with van der Waals surface area (Å²) in [4.78, 5) is 26.1. The van der Waals surface area contributed by atoms with Crippen molar-refractivity contribution >= 4 is 28.2 Å². The van der Waals surface area contributed by atoms with Gasteiger partial charge in [0.1, 0.15) is 5.00 Å². The topological polar surface area (TPSA) is 72.2 Å². The Balaban J connectivity index is 1.51. The highest BCUT2D eigenvalue weighted by molar-refractivity contribution is 7.17. The number of rotatable bonds is 6. The molecule has 1 heterocycles. The molecule has 2 aliphatic rings. The van der Waals surface area contributed by atoms with Crippen molar-refractivity contribution < 1.29 is 9.59 Å². The summed E-state index contributed by atoms with van der Waals surface area (Å²) in [7, 11) is 0. The van der Waals surface area contributed by atoms with Crippen molar-refractivity contribution in [1.82, 2.24) is 0 Å². The summed E-state index contributed by atoms with van der Waals surface area (Å²) in [5.41, 5.74) is 8.51. The summed E-state index contributed by atoms with van der Waals surface area (Å²) < 4.78 is 0. The van der Waals surface area contributed by atoms with Crippen LogP contribution in [0.2, 0.25) is 0 Å². The minimum absolute atomic E-state index is 0.00931. The van der Waals surface area contributed by atoms with Crippen molar-refractivity contribution in [2.75, 3.05) is 5.32 Å². The molecule has 2 aliphatic carbocycles. The maximum atomic E-state index is 12.8. The van der Waals surface area contributed by atoms with Crippen LogP contribution in [0.5, 0.6) is 0 Å². The van der Waals surface area contributed by atoms with E-state index in [-0.39, 0.29) is 17.7 Å². The number of benzene rings is 1. The number of carbonyl (C=O) groups excluding carboxylic acids is 2. The van der Waals surface area contributed by atoms with E-state index in [1.165, 1.54) is 23.3 Å². The fourth-order valence-corrected chi connectivity index (χ4v) is 5.79. The molecule has 1 fully saturated rings. The number of nitrogens with two attached hydrogens (primary N) is 1. The average molecular weight is 383 g/mol. The minimum atomic E-state index is -0.424. The number of hydrogen-bond acceptors (Lipinski definition) is 3. The lowest BCUT2D eigenvalue weighted by atomic mass is 9.84. The summed E-state index contributed by atoms with van der Waals surface area (Å²) in [6, 6.07) is 10.2. The van der Waals surface area contributed by atoms with E-state index >= 15 is 0 Å². The van der Waals surface area contributed by atoms with Gasteiger partial charge in [0.2, 0.25) is 5.91 Å². The Morgan fingerprint density at radius 1 is 1.26 bits per heavy atom. The second kappa shape index (κ2) is 7.47. The van der Waals surface area contributed by atoms with Gasteiger partial charge in [-0.2, -0.15) is 0 Å². The van der Waals surface area contributed by atoms with Crippen LogP contribution >= 0.6 is 11.3 Å². The average Bonchev–Trinajstić information content (AvgIpc) is 3.38. The van der Waals surface area contributed by atoms with E-state index in [0.717, 1.165) is 31.2 Å². The molecule has 4 nitrogen and oxygen atoms in total. The Hall–Kier alpha value is -2.14. The lowest BCUT2D eigenvalue weighted by molar-refractivity contribution is -0.117. The normalized spacial score (nSPS) is 23.5. The molecule has 5 heteroatoms. The molecule has 27 heavy (non-hydrogen) atoms. The number of amides is 2. The smallest absolute Gasteiger partial charge is 0.251 e. The number of fused-ring (bicyclic) bond motifs is 1. The maximum absolute atomic E-state index is 12.8. The highest BCUT2D eigenvalue weighted by Crippen LogP contribution is 2.48. The van der Waals surface area contributed by atoms with Gasteiger partial charge >= 0.3 is 0 Å². The third-order valence-electron chi connectivity index (χ3n) is 5.90. The zero-order chi connectivity index (χ0) is 19.0. The number of carbonyl (C=O) groups is 2. The number of anilines is 1. The van der Waals surface area contributed by atoms with Crippen molar-refractivity contribution in [3.05, 3.63) is 51.9 Å². The number of hydrogen-bond donors (Lipinski definition) is 2. The zero-order valence-electron chi connectivity index (χ0n) is 15.7. The van der Waals surface area contributed by atoms with E-state index in [4.69, 9.17) is 5.73 Å². The maximum Gasteiger partial charge on any atom is 0.251 e. The van der Waals surface area contributed by atoms with Gasteiger partial charge in [-0.3, -0.25) is 9.59 Å². The van der Waals surface area contributed by atoms with Crippen LogP contribution in [0.15, 0.2) is 30.3 Å². The first-order valence-electron chi connectivity index (χ1n) is 9.88. The molecule has 4 rings (SSSR count). The molecule has 2 amide bonds. The first kappa shape index (κ1) is 18.2. The largest absolute Gasteiger partial charge is 0.365 e. The molecular weight excluding hydrogens is 356 g/mol. The molecule has 0 saturated heterocycles. The summed E-state index contributed by atoms with van der Waals surface area (Å²) in [6.45, 7) is 2.21. The van der Waals surface area contributed by atoms with Crippen molar-refractivity contribution in [3.8, 4) is 0 Å². The van der Waals surface area contributed by atoms with Crippen molar-refractivity contribution in [3.63, 3.8) is 0 Å². The molecule has 3 N–H and O–H groups in total. The third-order valence-corrected chi connectivity index (χ3v) is 7.07. The highest BCUT2D eigenvalue weighted by atomic mass is 32.1. The molecule has 1 saturated carbocycles. The van der Waals surface area contributed by atoms with E-state index in [9.17, 15) is 9.59 Å². The molecular formula is C22H26N2O2S. The van der Waals surface area contributed by atoms with E-state index in [1.54, 1.807) is 11.3 Å². The van der Waals surface area contributed by atoms with E-state index in [0.29, 0.717) is 16.5 Å². The van der Waals surface area contributed by atoms with Gasteiger partial charge in [-0.15, -0.1) is 11.3 Å². The molecule has 142 valence electrons. The number of thiophene rings is 1. The van der Waals surface area contributed by atoms with E-state index in [2.05, 4.69) is 24.4 Å². The Bertz CT molecular complexity index is 859. The molecule has 1 aromatic carbocycles. The Labute approximate surface area is 164 Å². The molecule has 2 aromatic rings. The molecule has 0 unspecified atom stereocenters. The third kappa shape index (κ3) is 3.65. The fourth-order valence-electron chi connectivity index (χ4n) is 4.42. The number of primary amides is 1. The second-order valence-corrected chi connectivity index (χ2v) is 8.92. The van der Waals surface area contributed by atoms with Gasteiger partial charge in [0.05, 0.1) is 5.56 Å². The van der Waals surface area contributed by atoms with Crippen molar-refractivity contribution in [1.29, 1.82) is 0 Å². The van der Waals surface area contributed by atoms with Crippen LogP contribution in [-0.4, -0.2) is 11.8 Å². The quantitative estimate of drug-likeness (QED) is 0.772. The van der Waals surface area contributed by atoms with Crippen molar-refractivity contribution in [2.24, 2.45) is 17.6 Å². The molecule has 0 spiro atoms. The zero-order valence-corrected chi connectivity index (χ0v) is 16.5. The van der Waals surface area contributed by atoms with E-state index in [1.807, 2.05) is 18.2 Å². The van der Waals surface area contributed by atoms with Crippen LogP contribution in [0, 0.1) is 11.8 Å². The first-order valence-corrected chi connectivity index (χ1v) is 10.7. The fraction of sp³-hybridized carbons (Fsp3) is 0.455. The summed E-state index contributed by atoms with van der Waals surface area (Å²) >= 11 is 1.56. The highest BCUT2D eigenvalue weighted by Gasteiger charge is 2.44. The summed E-state index contributed by atoms with van der Waals surface area (Å²) in [5, 5.41) is 3.70. The predicted molar refractivity (Wildman–Crippen MR) is 109 cm³/mol. The van der Waals surface area contributed by atoms with Gasteiger partial charge in [0, 0.05) is 10.8 Å². The lowest BCUT2D eigenvalue weighted by Gasteiger charge is -2.21. The van der Waals surface area contributed by atoms with Crippen LogP contribution in [0.1, 0.15) is 64.9 Å². The van der Waals surface area contributed by atoms with Crippen LogP contribution < -0.4 is 11.1 Å². The molecule has 1 aromatic heterocycles. The Morgan fingerprint density at radius 3 is 2.74 bits per heavy atom. The SMILES string of the molecule is CCC[C@H]1CCc2c(sc(NC(=O)[C@H]3C[C@@H]3c3ccccc3)c2C(N)=O)C1. The molecule has 0 aliphatic heterocycles. The summed E-state index contributed by atoms with van der Waals surface area (Å²) in [5.74, 6) is 0.533. The standard InChI is InChI=1S/C22H26N2O2S/c1-2-6-13-9-10-15-18(11-13)27-22(19(15)20(23)25)24-21(26)17-12-16(17)14-7-4-3-5-8-14/h3-5,7-8,13,16-17H,2,6,9-12H2,1H3,(H2,23,25)(H,24,26)/t13-,16+,17-/m0/s1. The van der Waals surface area contributed by atoms with Gasteiger partial charge in [-0.25, -0.2) is 0 Å². The van der Waals surface area contributed by atoms with Gasteiger partial charge in [0.15, 0.2) is 0 Å². The van der Waals surface area contributed by atoms with Crippen molar-refractivity contribution in [2.45, 2.75) is 51.4 Å². The van der Waals surface area contributed by atoms with Crippen LogP contribution in [0.3, 0.4) is 0 Å².